The van der Waals surface area contributed by atoms with Crippen LogP contribution in [0.3, 0.4) is 0 Å². The van der Waals surface area contributed by atoms with E-state index in [1.165, 1.54) is 12.1 Å². The monoisotopic (exact) mass is 255 g/mol. The van der Waals surface area contributed by atoms with E-state index in [9.17, 15) is 13.2 Å². The van der Waals surface area contributed by atoms with Crippen LogP contribution in [0.2, 0.25) is 0 Å². The van der Waals surface area contributed by atoms with Gasteiger partial charge in [0.1, 0.15) is 0 Å². The lowest BCUT2D eigenvalue weighted by Crippen LogP contribution is -2.07. The average Bonchev–Trinajstić information content (AvgIpc) is 2.69. The molecule has 1 aromatic carbocycles. The number of aryl methyl sites for hydroxylation is 1. The van der Waals surface area contributed by atoms with Gasteiger partial charge in [0.05, 0.1) is 11.3 Å². The van der Waals surface area contributed by atoms with Crippen molar-refractivity contribution in [2.45, 2.75) is 19.5 Å². The molecule has 18 heavy (non-hydrogen) atoms. The van der Waals surface area contributed by atoms with E-state index in [1.54, 1.807) is 6.07 Å². The quantitative estimate of drug-likeness (QED) is 0.865. The van der Waals surface area contributed by atoms with Crippen molar-refractivity contribution in [1.29, 1.82) is 0 Å². The first-order chi connectivity index (χ1) is 8.43. The maximum Gasteiger partial charge on any atom is 0.417 e. The van der Waals surface area contributed by atoms with E-state index >= 15 is 0 Å². The van der Waals surface area contributed by atoms with Crippen LogP contribution in [0.5, 0.6) is 0 Å². The van der Waals surface area contributed by atoms with Crippen molar-refractivity contribution in [3.05, 3.63) is 35.5 Å². The van der Waals surface area contributed by atoms with Crippen molar-refractivity contribution in [2.24, 2.45) is 0 Å². The number of aromatic amines is 1. The average molecular weight is 255 g/mol. The smallest absolute Gasteiger partial charge is 0.369 e. The standard InChI is InChI=1S/C12H12F3N3/c1-2-9-10(18-11(16)17-9)7-5-3-4-6-8(7)12(13,14)15/h3-6H,2H2,1H3,(H3,16,17,18). The Morgan fingerprint density at radius 1 is 1.28 bits per heavy atom. The Morgan fingerprint density at radius 3 is 2.56 bits per heavy atom. The van der Waals surface area contributed by atoms with Gasteiger partial charge in [0.15, 0.2) is 5.95 Å². The van der Waals surface area contributed by atoms with E-state index in [1.807, 2.05) is 6.92 Å². The number of halogens is 3. The molecule has 2 rings (SSSR count). The zero-order valence-electron chi connectivity index (χ0n) is 9.67. The molecule has 0 spiro atoms. The number of hydrogen-bond acceptors (Lipinski definition) is 2. The third-order valence-electron chi connectivity index (χ3n) is 2.64. The summed E-state index contributed by atoms with van der Waals surface area (Å²) >= 11 is 0. The van der Waals surface area contributed by atoms with Crippen LogP contribution in [0.1, 0.15) is 18.2 Å². The Labute approximate surface area is 102 Å². The first-order valence-corrected chi connectivity index (χ1v) is 5.44. The fourth-order valence-electron chi connectivity index (χ4n) is 1.85. The lowest BCUT2D eigenvalue weighted by Gasteiger charge is -2.11. The van der Waals surface area contributed by atoms with Crippen LogP contribution >= 0.6 is 0 Å². The van der Waals surface area contributed by atoms with E-state index in [0.717, 1.165) is 6.07 Å². The van der Waals surface area contributed by atoms with Gasteiger partial charge in [-0.15, -0.1) is 0 Å². The molecule has 0 atom stereocenters. The van der Waals surface area contributed by atoms with Crippen molar-refractivity contribution >= 4 is 5.95 Å². The number of aromatic nitrogens is 2. The van der Waals surface area contributed by atoms with Crippen LogP contribution in [0, 0.1) is 0 Å². The minimum Gasteiger partial charge on any atom is -0.369 e. The predicted molar refractivity (Wildman–Crippen MR) is 62.8 cm³/mol. The van der Waals surface area contributed by atoms with Gasteiger partial charge in [-0.2, -0.15) is 13.2 Å². The molecule has 0 radical (unpaired) electrons. The number of alkyl halides is 3. The second-order valence-electron chi connectivity index (χ2n) is 3.85. The molecular formula is C12H12F3N3. The van der Waals surface area contributed by atoms with Crippen LogP contribution in [-0.2, 0) is 12.6 Å². The van der Waals surface area contributed by atoms with E-state index in [-0.39, 0.29) is 17.2 Å². The van der Waals surface area contributed by atoms with Gasteiger partial charge >= 0.3 is 6.18 Å². The zero-order valence-corrected chi connectivity index (χ0v) is 9.67. The fourth-order valence-corrected chi connectivity index (χ4v) is 1.85. The first-order valence-electron chi connectivity index (χ1n) is 5.44. The number of rotatable bonds is 2. The lowest BCUT2D eigenvalue weighted by atomic mass is 10.0. The number of benzene rings is 1. The zero-order chi connectivity index (χ0) is 13.3. The number of anilines is 1. The van der Waals surface area contributed by atoms with Crippen molar-refractivity contribution in [2.75, 3.05) is 5.73 Å². The third-order valence-corrected chi connectivity index (χ3v) is 2.64. The molecule has 6 heteroatoms. The summed E-state index contributed by atoms with van der Waals surface area (Å²) in [4.78, 5) is 6.72. The summed E-state index contributed by atoms with van der Waals surface area (Å²) in [6, 6.07) is 5.35. The molecule has 0 aliphatic heterocycles. The van der Waals surface area contributed by atoms with E-state index < -0.39 is 11.7 Å². The van der Waals surface area contributed by atoms with E-state index in [0.29, 0.717) is 12.1 Å². The molecule has 1 heterocycles. The van der Waals surface area contributed by atoms with Gasteiger partial charge in [-0.25, -0.2) is 4.98 Å². The molecule has 0 aliphatic rings. The van der Waals surface area contributed by atoms with Crippen LogP contribution < -0.4 is 5.73 Å². The number of nitrogen functional groups attached to an aromatic ring is 1. The Kier molecular flexibility index (Phi) is 3.02. The van der Waals surface area contributed by atoms with Gasteiger partial charge in [-0.05, 0) is 12.5 Å². The van der Waals surface area contributed by atoms with Gasteiger partial charge in [0.2, 0.25) is 0 Å². The van der Waals surface area contributed by atoms with E-state index in [2.05, 4.69) is 9.97 Å². The summed E-state index contributed by atoms with van der Waals surface area (Å²) in [5, 5.41) is 0. The third kappa shape index (κ3) is 2.18. The molecule has 0 unspecified atom stereocenters. The second kappa shape index (κ2) is 4.36. The summed E-state index contributed by atoms with van der Waals surface area (Å²) in [6.45, 7) is 1.83. The highest BCUT2D eigenvalue weighted by atomic mass is 19.4. The van der Waals surface area contributed by atoms with Gasteiger partial charge in [-0.1, -0.05) is 25.1 Å². The molecule has 0 saturated carbocycles. The summed E-state index contributed by atoms with van der Waals surface area (Å²) in [5.41, 5.74) is 5.72. The van der Waals surface area contributed by atoms with Crippen molar-refractivity contribution in [1.82, 2.24) is 9.97 Å². The highest BCUT2D eigenvalue weighted by Gasteiger charge is 2.34. The normalized spacial score (nSPS) is 11.8. The maximum absolute atomic E-state index is 12.9. The number of nitrogens with one attached hydrogen (secondary N) is 1. The summed E-state index contributed by atoms with van der Waals surface area (Å²) in [6.07, 6.45) is -3.87. The molecular weight excluding hydrogens is 243 g/mol. The van der Waals surface area contributed by atoms with Crippen LogP contribution in [0.15, 0.2) is 24.3 Å². The molecule has 0 aliphatic carbocycles. The van der Waals surface area contributed by atoms with Crippen LogP contribution in [0.4, 0.5) is 19.1 Å². The molecule has 96 valence electrons. The second-order valence-corrected chi connectivity index (χ2v) is 3.85. The highest BCUT2D eigenvalue weighted by molar-refractivity contribution is 5.68. The fraction of sp³-hybridized carbons (Fsp3) is 0.250. The molecule has 1 aromatic heterocycles. The number of nitrogens with zero attached hydrogens (tertiary/aromatic N) is 1. The Hall–Kier alpha value is -1.98. The Bertz CT molecular complexity index is 558. The SMILES string of the molecule is CCc1[nH]c(N)nc1-c1ccccc1C(F)(F)F. The lowest BCUT2D eigenvalue weighted by molar-refractivity contribution is -0.137. The molecule has 0 fully saturated rings. The Balaban J connectivity index is 2.64. The number of hydrogen-bond donors (Lipinski definition) is 2. The first kappa shape index (κ1) is 12.5. The molecule has 3 nitrogen and oxygen atoms in total. The maximum atomic E-state index is 12.9. The van der Waals surface area contributed by atoms with Gasteiger partial charge in [-0.3, -0.25) is 0 Å². The number of nitrogens with two attached hydrogens (primary N) is 1. The highest BCUT2D eigenvalue weighted by Crippen LogP contribution is 2.37. The van der Waals surface area contributed by atoms with E-state index in [4.69, 9.17) is 5.73 Å². The van der Waals surface area contributed by atoms with Gasteiger partial charge in [0, 0.05) is 11.3 Å². The number of imidazole rings is 1. The van der Waals surface area contributed by atoms with Crippen molar-refractivity contribution in [3.8, 4) is 11.3 Å². The topological polar surface area (TPSA) is 54.7 Å². The molecule has 2 aromatic rings. The molecule has 3 N–H and O–H groups in total. The van der Waals surface area contributed by atoms with Crippen molar-refractivity contribution < 1.29 is 13.2 Å². The van der Waals surface area contributed by atoms with Crippen LogP contribution in [-0.4, -0.2) is 9.97 Å². The minimum absolute atomic E-state index is 0.0507. The predicted octanol–water partition coefficient (Wildman–Crippen LogP) is 3.24. The number of H-pyrrole nitrogens is 1. The largest absolute Gasteiger partial charge is 0.417 e. The summed E-state index contributed by atoms with van der Waals surface area (Å²) in [5.74, 6) is 0.124. The van der Waals surface area contributed by atoms with Gasteiger partial charge < -0.3 is 10.7 Å². The molecule has 0 amide bonds. The van der Waals surface area contributed by atoms with Crippen LogP contribution in [0.25, 0.3) is 11.3 Å². The molecule has 0 saturated heterocycles. The summed E-state index contributed by atoms with van der Waals surface area (Å²) in [7, 11) is 0. The minimum atomic E-state index is -4.41. The molecule has 0 bridgehead atoms. The van der Waals surface area contributed by atoms with Crippen molar-refractivity contribution in [3.63, 3.8) is 0 Å². The Morgan fingerprint density at radius 2 is 1.94 bits per heavy atom. The summed E-state index contributed by atoms with van der Waals surface area (Å²) < 4.78 is 38.7. The van der Waals surface area contributed by atoms with Gasteiger partial charge in [0.25, 0.3) is 0 Å².